The fourth-order valence-corrected chi connectivity index (χ4v) is 3.33. The maximum Gasteiger partial charge on any atom is 0.310 e. The Kier molecular flexibility index (Phi) is 4.82. The summed E-state index contributed by atoms with van der Waals surface area (Å²) in [5, 5.41) is 14.6. The first-order valence-corrected chi connectivity index (χ1v) is 7.84. The molecule has 7 heteroatoms. The molecule has 1 aliphatic rings. The second-order valence-electron chi connectivity index (χ2n) is 5.22. The average molecular weight is 357 g/mol. The molecule has 0 radical (unpaired) electrons. The Morgan fingerprint density at radius 1 is 1.48 bits per heavy atom. The lowest BCUT2D eigenvalue weighted by Crippen LogP contribution is -2.47. The van der Waals surface area contributed by atoms with E-state index in [1.807, 2.05) is 0 Å². The van der Waals surface area contributed by atoms with Gasteiger partial charge < -0.3 is 10.1 Å². The van der Waals surface area contributed by atoms with E-state index in [-0.39, 0.29) is 22.9 Å². The van der Waals surface area contributed by atoms with Gasteiger partial charge in [-0.1, -0.05) is 28.8 Å². The first kappa shape index (κ1) is 15.8. The molecule has 114 valence electrons. The van der Waals surface area contributed by atoms with Crippen LogP contribution in [0.4, 0.5) is 5.69 Å². The van der Waals surface area contributed by atoms with Crippen LogP contribution >= 0.6 is 15.9 Å². The van der Waals surface area contributed by atoms with E-state index >= 15 is 0 Å². The van der Waals surface area contributed by atoms with Crippen molar-refractivity contribution in [2.24, 2.45) is 0 Å². The molecule has 1 fully saturated rings. The van der Waals surface area contributed by atoms with Crippen LogP contribution in [0.1, 0.15) is 36.0 Å². The number of rotatable bonds is 5. The van der Waals surface area contributed by atoms with Gasteiger partial charge in [0.1, 0.15) is 0 Å². The number of nitrogens with zero attached hydrogens (tertiary/aromatic N) is 1. The zero-order valence-electron chi connectivity index (χ0n) is 11.7. The van der Waals surface area contributed by atoms with E-state index in [1.165, 1.54) is 25.3 Å². The predicted octanol–water partition coefficient (Wildman–Crippen LogP) is 3.04. The first-order valence-electron chi connectivity index (χ1n) is 6.72. The summed E-state index contributed by atoms with van der Waals surface area (Å²) in [6, 6.07) is 4.15. The predicted molar refractivity (Wildman–Crippen MR) is 82.1 cm³/mol. The van der Waals surface area contributed by atoms with E-state index < -0.39 is 4.92 Å². The minimum absolute atomic E-state index is 0.0898. The summed E-state index contributed by atoms with van der Waals surface area (Å²) in [4.78, 5) is 22.7. The molecule has 1 aromatic carbocycles. The topological polar surface area (TPSA) is 81.5 Å². The van der Waals surface area contributed by atoms with E-state index in [2.05, 4.69) is 21.2 Å². The molecule has 21 heavy (non-hydrogen) atoms. The molecule has 6 nitrogen and oxygen atoms in total. The number of amides is 1. The van der Waals surface area contributed by atoms with Crippen LogP contribution in [0.2, 0.25) is 0 Å². The highest BCUT2D eigenvalue weighted by Gasteiger charge is 2.34. The van der Waals surface area contributed by atoms with Crippen LogP contribution in [0.3, 0.4) is 0 Å². The van der Waals surface area contributed by atoms with Gasteiger partial charge >= 0.3 is 5.69 Å². The fraction of sp³-hybridized carbons (Fsp3) is 0.500. The zero-order valence-corrected chi connectivity index (χ0v) is 13.3. The summed E-state index contributed by atoms with van der Waals surface area (Å²) >= 11 is 3.46. The van der Waals surface area contributed by atoms with Crippen molar-refractivity contribution >= 4 is 27.5 Å². The molecule has 0 saturated heterocycles. The molecule has 0 aliphatic heterocycles. The van der Waals surface area contributed by atoms with Gasteiger partial charge in [-0.2, -0.15) is 0 Å². The minimum Gasteiger partial charge on any atom is -0.490 e. The van der Waals surface area contributed by atoms with Crippen LogP contribution in [0.15, 0.2) is 18.2 Å². The van der Waals surface area contributed by atoms with Crippen LogP contribution < -0.4 is 10.1 Å². The Bertz CT molecular complexity index is 556. The lowest BCUT2D eigenvalue weighted by Gasteiger charge is -2.28. The Morgan fingerprint density at radius 3 is 2.67 bits per heavy atom. The molecule has 1 aromatic rings. The van der Waals surface area contributed by atoms with Crippen LogP contribution in [-0.2, 0) is 0 Å². The second kappa shape index (κ2) is 6.43. The van der Waals surface area contributed by atoms with E-state index in [9.17, 15) is 14.9 Å². The van der Waals surface area contributed by atoms with Crippen LogP contribution in [0, 0.1) is 10.1 Å². The number of nitro benzene ring substituents is 1. The summed E-state index contributed by atoms with van der Waals surface area (Å²) in [6.45, 7) is 0. The quantitative estimate of drug-likeness (QED) is 0.499. The van der Waals surface area contributed by atoms with Crippen molar-refractivity contribution in [2.75, 3.05) is 12.4 Å². The maximum atomic E-state index is 12.4. The van der Waals surface area contributed by atoms with Crippen LogP contribution in [0.25, 0.3) is 0 Å². The average Bonchev–Trinajstić information content (AvgIpc) is 2.95. The molecule has 0 aromatic heterocycles. The lowest BCUT2D eigenvalue weighted by atomic mass is 10.00. The van der Waals surface area contributed by atoms with E-state index in [1.54, 1.807) is 0 Å². The molecular formula is C14H17BrN2O4. The third kappa shape index (κ3) is 3.34. The molecule has 0 spiro atoms. The number of hydrogen-bond donors (Lipinski definition) is 1. The van der Waals surface area contributed by atoms with Gasteiger partial charge in [0.05, 0.1) is 17.6 Å². The number of benzene rings is 1. The smallest absolute Gasteiger partial charge is 0.310 e. The maximum absolute atomic E-state index is 12.4. The van der Waals surface area contributed by atoms with Gasteiger partial charge in [0.25, 0.3) is 5.91 Å². The number of ether oxygens (including phenoxy) is 1. The van der Waals surface area contributed by atoms with Gasteiger partial charge in [-0.15, -0.1) is 0 Å². The Balaban J connectivity index is 2.21. The van der Waals surface area contributed by atoms with Gasteiger partial charge in [0, 0.05) is 23.0 Å². The molecular weight excluding hydrogens is 340 g/mol. The minimum atomic E-state index is -0.530. The molecule has 1 amide bonds. The highest BCUT2D eigenvalue weighted by atomic mass is 79.9. The second-order valence-corrected chi connectivity index (χ2v) is 5.78. The van der Waals surface area contributed by atoms with Gasteiger partial charge in [0.15, 0.2) is 5.75 Å². The van der Waals surface area contributed by atoms with Gasteiger partial charge in [-0.25, -0.2) is 0 Å². The van der Waals surface area contributed by atoms with Crippen molar-refractivity contribution in [3.8, 4) is 5.75 Å². The lowest BCUT2D eigenvalue weighted by molar-refractivity contribution is -0.385. The Labute approximate surface area is 131 Å². The van der Waals surface area contributed by atoms with Gasteiger partial charge in [-0.3, -0.25) is 14.9 Å². The molecule has 1 saturated carbocycles. The number of methoxy groups -OCH3 is 1. The number of carbonyl (C=O) groups is 1. The van der Waals surface area contributed by atoms with Crippen molar-refractivity contribution in [1.29, 1.82) is 0 Å². The largest absolute Gasteiger partial charge is 0.490 e. The highest BCUT2D eigenvalue weighted by Crippen LogP contribution is 2.32. The van der Waals surface area contributed by atoms with Gasteiger partial charge in [-0.05, 0) is 18.9 Å². The van der Waals surface area contributed by atoms with E-state index in [0.717, 1.165) is 25.7 Å². The summed E-state index contributed by atoms with van der Waals surface area (Å²) in [7, 11) is 1.35. The summed E-state index contributed by atoms with van der Waals surface area (Å²) in [6.07, 6.45) is 4.06. The Morgan fingerprint density at radius 2 is 2.14 bits per heavy atom. The number of nitro groups is 1. The number of halogens is 1. The normalized spacial score (nSPS) is 16.5. The van der Waals surface area contributed by atoms with E-state index in [4.69, 9.17) is 4.74 Å². The molecule has 0 unspecified atom stereocenters. The third-order valence-corrected chi connectivity index (χ3v) is 4.91. The van der Waals surface area contributed by atoms with Crippen molar-refractivity contribution in [3.63, 3.8) is 0 Å². The number of carbonyl (C=O) groups excluding carboxylic acids is 1. The fourth-order valence-electron chi connectivity index (χ4n) is 2.63. The van der Waals surface area contributed by atoms with Crippen molar-refractivity contribution in [3.05, 3.63) is 33.9 Å². The highest BCUT2D eigenvalue weighted by molar-refractivity contribution is 9.09. The molecule has 2 rings (SSSR count). The summed E-state index contributed by atoms with van der Waals surface area (Å²) < 4.78 is 4.99. The number of hydrogen-bond acceptors (Lipinski definition) is 4. The van der Waals surface area contributed by atoms with Gasteiger partial charge in [0.2, 0.25) is 0 Å². The van der Waals surface area contributed by atoms with Crippen LogP contribution in [0.5, 0.6) is 5.75 Å². The number of alkyl halides is 1. The molecule has 1 N–H and O–H groups in total. The molecule has 0 bridgehead atoms. The van der Waals surface area contributed by atoms with Crippen LogP contribution in [-0.4, -0.2) is 28.8 Å². The molecule has 1 aliphatic carbocycles. The Hall–Kier alpha value is -1.63. The van der Waals surface area contributed by atoms with Crippen molar-refractivity contribution < 1.29 is 14.5 Å². The standard InChI is InChI=1S/C14H17BrN2O4/c1-21-12-8-10(4-5-11(12)17(19)20)13(18)16-14(9-15)6-2-3-7-14/h4-5,8H,2-3,6-7,9H2,1H3,(H,16,18). The first-order chi connectivity index (χ1) is 10.0. The number of nitrogens with one attached hydrogen (secondary N) is 1. The molecule has 0 heterocycles. The zero-order chi connectivity index (χ0) is 15.5. The third-order valence-electron chi connectivity index (χ3n) is 3.83. The van der Waals surface area contributed by atoms with Crippen molar-refractivity contribution in [1.82, 2.24) is 5.32 Å². The monoisotopic (exact) mass is 356 g/mol. The SMILES string of the molecule is COc1cc(C(=O)NC2(CBr)CCCC2)ccc1[N+](=O)[O-]. The summed E-state index contributed by atoms with van der Waals surface area (Å²) in [5.41, 5.74) is 0.00123. The molecule has 0 atom stereocenters. The van der Waals surface area contributed by atoms with Crippen molar-refractivity contribution in [2.45, 2.75) is 31.2 Å². The summed E-state index contributed by atoms with van der Waals surface area (Å²) in [5.74, 6) is -0.142. The van der Waals surface area contributed by atoms with E-state index in [0.29, 0.717) is 10.9 Å².